The van der Waals surface area contributed by atoms with Gasteiger partial charge in [0.25, 0.3) is 0 Å². The van der Waals surface area contributed by atoms with Gasteiger partial charge in [0.05, 0.1) is 0 Å². The van der Waals surface area contributed by atoms with Crippen molar-refractivity contribution in [1.82, 2.24) is 10.2 Å². The Balaban J connectivity index is 4.29. The highest BCUT2D eigenvalue weighted by Crippen LogP contribution is 2.12. The molecule has 1 unspecified atom stereocenters. The van der Waals surface area contributed by atoms with Gasteiger partial charge in [-0.05, 0) is 13.1 Å². The summed E-state index contributed by atoms with van der Waals surface area (Å²) in [6, 6.07) is 0. The number of halogens is 2. The summed E-state index contributed by atoms with van der Waals surface area (Å²) in [5, 5.41) is 2.70. The summed E-state index contributed by atoms with van der Waals surface area (Å²) in [6.07, 6.45) is -0.296. The van der Waals surface area contributed by atoms with E-state index in [1.54, 1.807) is 0 Å². The van der Waals surface area contributed by atoms with E-state index in [-0.39, 0.29) is 12.1 Å². The molecule has 0 radical (unpaired) electrons. The molecule has 5 heteroatoms. The summed E-state index contributed by atoms with van der Waals surface area (Å²) in [7, 11) is 0. The first-order chi connectivity index (χ1) is 6.02. The molecule has 13 heavy (non-hydrogen) atoms. The number of hydrogen-bond donors (Lipinski definition) is 1. The van der Waals surface area contributed by atoms with E-state index in [2.05, 4.69) is 5.32 Å². The standard InChI is InChI=1S/C8H16Cl2N2O/c1-4-12(5-2)8(7(9)10)11-6(3)13/h7-8H,4-5H2,1-3H3,(H,11,13). The van der Waals surface area contributed by atoms with E-state index in [9.17, 15) is 4.79 Å². The number of hydrogen-bond acceptors (Lipinski definition) is 2. The minimum absolute atomic E-state index is 0.122. The van der Waals surface area contributed by atoms with Gasteiger partial charge in [-0.15, -0.1) is 23.2 Å². The van der Waals surface area contributed by atoms with Gasteiger partial charge in [-0.2, -0.15) is 0 Å². The van der Waals surface area contributed by atoms with Gasteiger partial charge in [0.2, 0.25) is 5.91 Å². The van der Waals surface area contributed by atoms with Crippen molar-refractivity contribution in [2.75, 3.05) is 13.1 Å². The largest absolute Gasteiger partial charge is 0.338 e. The molecule has 0 aliphatic rings. The Morgan fingerprint density at radius 3 is 2.08 bits per heavy atom. The second-order valence-corrected chi connectivity index (χ2v) is 3.86. The normalized spacial score (nSPS) is 13.5. The molecule has 0 aromatic heterocycles. The van der Waals surface area contributed by atoms with Crippen LogP contribution in [0.4, 0.5) is 0 Å². The third kappa shape index (κ3) is 4.69. The van der Waals surface area contributed by atoms with Gasteiger partial charge in [-0.25, -0.2) is 0 Å². The summed E-state index contributed by atoms with van der Waals surface area (Å²) in [5.74, 6) is -0.122. The molecule has 0 fully saturated rings. The van der Waals surface area contributed by atoms with Crippen LogP contribution in [0, 0.1) is 0 Å². The summed E-state index contributed by atoms with van der Waals surface area (Å²) in [6.45, 7) is 7.05. The molecule has 0 aromatic rings. The Labute approximate surface area is 89.4 Å². The number of nitrogens with one attached hydrogen (secondary N) is 1. The molecule has 3 nitrogen and oxygen atoms in total. The highest BCUT2D eigenvalue weighted by Gasteiger charge is 2.22. The minimum Gasteiger partial charge on any atom is -0.338 e. The Hall–Kier alpha value is 0.01000. The first kappa shape index (κ1) is 13.0. The van der Waals surface area contributed by atoms with E-state index < -0.39 is 4.84 Å². The molecular formula is C8H16Cl2N2O. The van der Waals surface area contributed by atoms with E-state index in [0.29, 0.717) is 0 Å². The van der Waals surface area contributed by atoms with Crippen molar-refractivity contribution >= 4 is 29.1 Å². The summed E-state index contributed by atoms with van der Waals surface area (Å²) in [5.41, 5.74) is 0. The maximum atomic E-state index is 10.8. The van der Waals surface area contributed by atoms with E-state index in [0.717, 1.165) is 13.1 Å². The molecule has 0 aliphatic carbocycles. The molecule has 1 amide bonds. The van der Waals surface area contributed by atoms with Crippen LogP contribution < -0.4 is 5.32 Å². The van der Waals surface area contributed by atoms with E-state index >= 15 is 0 Å². The number of nitrogens with zero attached hydrogens (tertiary/aromatic N) is 1. The summed E-state index contributed by atoms with van der Waals surface area (Å²) >= 11 is 11.5. The molecule has 0 heterocycles. The molecule has 1 atom stereocenters. The van der Waals surface area contributed by atoms with Crippen LogP contribution in [-0.2, 0) is 4.79 Å². The van der Waals surface area contributed by atoms with Gasteiger partial charge in [-0.1, -0.05) is 13.8 Å². The Bertz CT molecular complexity index is 160. The lowest BCUT2D eigenvalue weighted by atomic mass is 10.4. The SMILES string of the molecule is CCN(CC)C(NC(C)=O)C(Cl)Cl. The molecule has 78 valence electrons. The number of carbonyl (C=O) groups excluding carboxylic acids is 1. The maximum Gasteiger partial charge on any atom is 0.218 e. The lowest BCUT2D eigenvalue weighted by Crippen LogP contribution is -2.51. The molecular weight excluding hydrogens is 211 g/mol. The highest BCUT2D eigenvalue weighted by molar-refractivity contribution is 6.44. The van der Waals surface area contributed by atoms with Crippen LogP contribution in [0.3, 0.4) is 0 Å². The lowest BCUT2D eigenvalue weighted by molar-refractivity contribution is -0.120. The van der Waals surface area contributed by atoms with Crippen molar-refractivity contribution in [2.45, 2.75) is 31.8 Å². The van der Waals surface area contributed by atoms with Gasteiger partial charge >= 0.3 is 0 Å². The van der Waals surface area contributed by atoms with Crippen molar-refractivity contribution in [2.24, 2.45) is 0 Å². The van der Waals surface area contributed by atoms with Gasteiger partial charge in [0.15, 0.2) is 0 Å². The molecule has 0 rings (SSSR count). The molecule has 0 bridgehead atoms. The zero-order chi connectivity index (χ0) is 10.4. The fraction of sp³-hybridized carbons (Fsp3) is 0.875. The number of amides is 1. The average Bonchev–Trinajstić information content (AvgIpc) is 2.04. The number of carbonyl (C=O) groups is 1. The predicted molar refractivity (Wildman–Crippen MR) is 56.0 cm³/mol. The third-order valence-corrected chi connectivity index (χ3v) is 2.27. The fourth-order valence-electron chi connectivity index (χ4n) is 1.14. The first-order valence-corrected chi connectivity index (χ1v) is 5.19. The van der Waals surface area contributed by atoms with Crippen LogP contribution in [-0.4, -0.2) is 34.9 Å². The van der Waals surface area contributed by atoms with Crippen LogP contribution in [0.15, 0.2) is 0 Å². The molecule has 1 N–H and O–H groups in total. The summed E-state index contributed by atoms with van der Waals surface area (Å²) in [4.78, 5) is 12.2. The van der Waals surface area contributed by atoms with Gasteiger partial charge in [0.1, 0.15) is 11.0 Å². The molecule has 0 spiro atoms. The van der Waals surface area contributed by atoms with Crippen molar-refractivity contribution in [1.29, 1.82) is 0 Å². The van der Waals surface area contributed by atoms with Crippen molar-refractivity contribution in [3.05, 3.63) is 0 Å². The average molecular weight is 227 g/mol. The van der Waals surface area contributed by atoms with Crippen LogP contribution in [0.1, 0.15) is 20.8 Å². The van der Waals surface area contributed by atoms with Crippen LogP contribution in [0.25, 0.3) is 0 Å². The predicted octanol–water partition coefficient (Wildman–Crippen LogP) is 1.59. The Morgan fingerprint density at radius 2 is 1.85 bits per heavy atom. The van der Waals surface area contributed by atoms with Crippen LogP contribution in [0.2, 0.25) is 0 Å². The van der Waals surface area contributed by atoms with Gasteiger partial charge < -0.3 is 5.32 Å². The minimum atomic E-state index is -0.608. The van der Waals surface area contributed by atoms with Crippen molar-refractivity contribution in [3.63, 3.8) is 0 Å². The molecule has 0 aliphatic heterocycles. The van der Waals surface area contributed by atoms with Crippen molar-refractivity contribution in [3.8, 4) is 0 Å². The third-order valence-electron chi connectivity index (χ3n) is 1.80. The number of alkyl halides is 2. The second kappa shape index (κ2) is 6.46. The first-order valence-electron chi connectivity index (χ1n) is 4.32. The van der Waals surface area contributed by atoms with Gasteiger partial charge in [0, 0.05) is 6.92 Å². The van der Waals surface area contributed by atoms with E-state index in [1.165, 1.54) is 6.92 Å². The van der Waals surface area contributed by atoms with Gasteiger partial charge in [-0.3, -0.25) is 9.69 Å². The van der Waals surface area contributed by atoms with Crippen LogP contribution >= 0.6 is 23.2 Å². The summed E-state index contributed by atoms with van der Waals surface area (Å²) < 4.78 is 0. The second-order valence-electron chi connectivity index (χ2n) is 2.70. The zero-order valence-electron chi connectivity index (χ0n) is 8.18. The highest BCUT2D eigenvalue weighted by atomic mass is 35.5. The zero-order valence-corrected chi connectivity index (χ0v) is 9.69. The Morgan fingerprint density at radius 1 is 1.38 bits per heavy atom. The lowest BCUT2D eigenvalue weighted by Gasteiger charge is -2.30. The van der Waals surface area contributed by atoms with Crippen molar-refractivity contribution < 1.29 is 4.79 Å². The van der Waals surface area contributed by atoms with E-state index in [4.69, 9.17) is 23.2 Å². The number of rotatable bonds is 5. The smallest absolute Gasteiger partial charge is 0.218 e. The molecule has 0 saturated heterocycles. The monoisotopic (exact) mass is 226 g/mol. The Kier molecular flexibility index (Phi) is 6.47. The fourth-order valence-corrected chi connectivity index (χ4v) is 1.58. The quantitative estimate of drug-likeness (QED) is 0.571. The van der Waals surface area contributed by atoms with E-state index in [1.807, 2.05) is 18.7 Å². The maximum absolute atomic E-state index is 10.8. The molecule has 0 aromatic carbocycles. The molecule has 0 saturated carbocycles. The topological polar surface area (TPSA) is 32.3 Å². The van der Waals surface area contributed by atoms with Crippen LogP contribution in [0.5, 0.6) is 0 Å².